The molecule has 6 heteroatoms. The van der Waals surface area contributed by atoms with E-state index in [1.165, 1.54) is 0 Å². The van der Waals surface area contributed by atoms with Gasteiger partial charge < -0.3 is 9.88 Å². The first-order chi connectivity index (χ1) is 12.3. The zero-order valence-corrected chi connectivity index (χ0v) is 14.5. The van der Waals surface area contributed by atoms with E-state index in [2.05, 4.69) is 33.1 Å². The van der Waals surface area contributed by atoms with Crippen LogP contribution in [0.1, 0.15) is 42.8 Å². The first-order valence-electron chi connectivity index (χ1n) is 9.02. The molecule has 1 atom stereocenters. The fourth-order valence-corrected chi connectivity index (χ4v) is 3.82. The molecule has 2 heterocycles. The van der Waals surface area contributed by atoms with Crippen molar-refractivity contribution in [2.24, 2.45) is 0 Å². The second-order valence-corrected chi connectivity index (χ2v) is 6.55. The molecular formula is C19H23N5O. The van der Waals surface area contributed by atoms with Crippen LogP contribution in [0.5, 0.6) is 0 Å². The van der Waals surface area contributed by atoms with Crippen molar-refractivity contribution < 1.29 is 4.79 Å². The largest absolute Gasteiger partial charge is 0.355 e. The zero-order valence-electron chi connectivity index (χ0n) is 14.5. The van der Waals surface area contributed by atoms with E-state index in [0.29, 0.717) is 6.54 Å². The second-order valence-electron chi connectivity index (χ2n) is 6.55. The van der Waals surface area contributed by atoms with Gasteiger partial charge in [-0.25, -0.2) is 4.98 Å². The summed E-state index contributed by atoms with van der Waals surface area (Å²) in [6.07, 6.45) is 5.44. The summed E-state index contributed by atoms with van der Waals surface area (Å²) in [6.45, 7) is 3.61. The molecule has 0 bridgehead atoms. The summed E-state index contributed by atoms with van der Waals surface area (Å²) in [4.78, 5) is 17.3. The standard InChI is InChI=1S/C19H23N5O/c1-2-24-17-9-4-3-7-16(17)22-18(24)10-11-20-19(25)13-6-5-8-15-14(13)12-21-23-15/h3-4,7,9,12-13H,2,5-6,8,10-11H2,1H3,(H,20,25)(H,21,23). The second kappa shape index (κ2) is 6.70. The number of aromatic amines is 1. The van der Waals surface area contributed by atoms with Gasteiger partial charge >= 0.3 is 0 Å². The van der Waals surface area contributed by atoms with Gasteiger partial charge in [0.1, 0.15) is 5.82 Å². The van der Waals surface area contributed by atoms with Gasteiger partial charge in [-0.15, -0.1) is 0 Å². The smallest absolute Gasteiger partial charge is 0.227 e. The number of rotatable bonds is 5. The van der Waals surface area contributed by atoms with E-state index >= 15 is 0 Å². The number of H-pyrrole nitrogens is 1. The number of para-hydroxylation sites is 2. The van der Waals surface area contributed by atoms with Gasteiger partial charge in [0.05, 0.1) is 23.1 Å². The topological polar surface area (TPSA) is 75.6 Å². The Bertz CT molecular complexity index is 894. The summed E-state index contributed by atoms with van der Waals surface area (Å²) >= 11 is 0. The molecule has 2 N–H and O–H groups in total. The SMILES string of the molecule is CCn1c(CCNC(=O)C2CCCc3[nH]ncc32)nc2ccccc21. The lowest BCUT2D eigenvalue weighted by Gasteiger charge is -2.21. The Balaban J connectivity index is 1.42. The Labute approximate surface area is 146 Å². The molecule has 4 rings (SSSR count). The van der Waals surface area contributed by atoms with Crippen molar-refractivity contribution in [1.29, 1.82) is 0 Å². The molecule has 0 fully saturated rings. The van der Waals surface area contributed by atoms with Gasteiger partial charge in [-0.3, -0.25) is 9.89 Å². The van der Waals surface area contributed by atoms with Gasteiger partial charge in [-0.2, -0.15) is 5.10 Å². The Kier molecular flexibility index (Phi) is 4.26. The molecule has 3 aromatic rings. The van der Waals surface area contributed by atoms with Gasteiger partial charge in [0.15, 0.2) is 0 Å². The highest BCUT2D eigenvalue weighted by Crippen LogP contribution is 2.30. The number of fused-ring (bicyclic) bond motifs is 2. The lowest BCUT2D eigenvalue weighted by atomic mass is 9.86. The van der Waals surface area contributed by atoms with Crippen molar-refractivity contribution >= 4 is 16.9 Å². The summed E-state index contributed by atoms with van der Waals surface area (Å²) in [5.41, 5.74) is 4.34. The molecule has 1 aromatic carbocycles. The number of hydrogen-bond donors (Lipinski definition) is 2. The van der Waals surface area contributed by atoms with Crippen molar-refractivity contribution in [3.05, 3.63) is 47.5 Å². The first kappa shape index (κ1) is 15.9. The van der Waals surface area contributed by atoms with Crippen LogP contribution in [-0.2, 0) is 24.2 Å². The van der Waals surface area contributed by atoms with Crippen molar-refractivity contribution in [1.82, 2.24) is 25.1 Å². The third-order valence-electron chi connectivity index (χ3n) is 5.06. The summed E-state index contributed by atoms with van der Waals surface area (Å²) in [5, 5.41) is 10.2. The van der Waals surface area contributed by atoms with E-state index in [1.54, 1.807) is 6.20 Å². The van der Waals surface area contributed by atoms with Crippen LogP contribution in [0.25, 0.3) is 11.0 Å². The predicted octanol–water partition coefficient (Wildman–Crippen LogP) is 2.56. The average molecular weight is 337 g/mol. The van der Waals surface area contributed by atoms with Gasteiger partial charge in [0, 0.05) is 30.8 Å². The number of benzene rings is 1. The number of imidazole rings is 1. The number of aromatic nitrogens is 4. The molecule has 1 aliphatic carbocycles. The molecule has 1 unspecified atom stereocenters. The molecule has 1 amide bonds. The fourth-order valence-electron chi connectivity index (χ4n) is 3.82. The van der Waals surface area contributed by atoms with E-state index in [9.17, 15) is 4.79 Å². The van der Waals surface area contributed by atoms with Crippen LogP contribution in [0.4, 0.5) is 0 Å². The highest BCUT2D eigenvalue weighted by molar-refractivity contribution is 5.84. The van der Waals surface area contributed by atoms with Crippen LogP contribution < -0.4 is 5.32 Å². The van der Waals surface area contributed by atoms with Crippen LogP contribution in [0, 0.1) is 0 Å². The number of carbonyl (C=O) groups is 1. The van der Waals surface area contributed by atoms with Crippen molar-refractivity contribution in [2.45, 2.75) is 45.1 Å². The molecular weight excluding hydrogens is 314 g/mol. The Hall–Kier alpha value is -2.63. The normalized spacial score (nSPS) is 16.8. The third-order valence-corrected chi connectivity index (χ3v) is 5.06. The number of nitrogens with zero attached hydrogens (tertiary/aromatic N) is 3. The zero-order chi connectivity index (χ0) is 17.2. The maximum absolute atomic E-state index is 12.6. The Morgan fingerprint density at radius 1 is 1.40 bits per heavy atom. The number of nitrogens with one attached hydrogen (secondary N) is 2. The van der Waals surface area contributed by atoms with Gasteiger partial charge in [0.25, 0.3) is 0 Å². The number of carbonyl (C=O) groups excluding carboxylic acids is 1. The van der Waals surface area contributed by atoms with Crippen LogP contribution in [0.2, 0.25) is 0 Å². The molecule has 2 aromatic heterocycles. The van der Waals surface area contributed by atoms with E-state index < -0.39 is 0 Å². The average Bonchev–Trinajstić information content (AvgIpc) is 3.25. The molecule has 0 saturated heterocycles. The molecule has 0 radical (unpaired) electrons. The van der Waals surface area contributed by atoms with Crippen molar-refractivity contribution in [3.8, 4) is 0 Å². The van der Waals surface area contributed by atoms with E-state index in [4.69, 9.17) is 4.98 Å². The van der Waals surface area contributed by atoms with Gasteiger partial charge in [-0.05, 0) is 38.3 Å². The molecule has 0 saturated carbocycles. The molecule has 1 aliphatic rings. The maximum atomic E-state index is 12.6. The minimum Gasteiger partial charge on any atom is -0.355 e. The van der Waals surface area contributed by atoms with Crippen LogP contribution >= 0.6 is 0 Å². The van der Waals surface area contributed by atoms with Gasteiger partial charge in [-0.1, -0.05) is 12.1 Å². The maximum Gasteiger partial charge on any atom is 0.227 e. The predicted molar refractivity (Wildman–Crippen MR) is 96.4 cm³/mol. The molecule has 0 spiro atoms. The Morgan fingerprint density at radius 2 is 2.28 bits per heavy atom. The van der Waals surface area contributed by atoms with E-state index in [0.717, 1.165) is 60.3 Å². The molecule has 0 aliphatic heterocycles. The van der Waals surface area contributed by atoms with Crippen LogP contribution in [0.3, 0.4) is 0 Å². The summed E-state index contributed by atoms with van der Waals surface area (Å²) in [7, 11) is 0. The monoisotopic (exact) mass is 337 g/mol. The quantitative estimate of drug-likeness (QED) is 0.751. The van der Waals surface area contributed by atoms with Crippen LogP contribution in [-0.4, -0.2) is 32.2 Å². The van der Waals surface area contributed by atoms with Crippen molar-refractivity contribution in [2.75, 3.05) is 6.54 Å². The third kappa shape index (κ3) is 2.92. The van der Waals surface area contributed by atoms with Crippen LogP contribution in [0.15, 0.2) is 30.5 Å². The highest BCUT2D eigenvalue weighted by Gasteiger charge is 2.27. The molecule has 130 valence electrons. The lowest BCUT2D eigenvalue weighted by molar-refractivity contribution is -0.122. The Morgan fingerprint density at radius 3 is 3.16 bits per heavy atom. The number of amides is 1. The summed E-state index contributed by atoms with van der Waals surface area (Å²) in [5.74, 6) is 1.05. The summed E-state index contributed by atoms with van der Waals surface area (Å²) in [6, 6.07) is 8.17. The minimum atomic E-state index is -0.0764. The van der Waals surface area contributed by atoms with E-state index in [1.807, 2.05) is 18.2 Å². The molecule has 25 heavy (non-hydrogen) atoms. The van der Waals surface area contributed by atoms with Gasteiger partial charge in [0.2, 0.25) is 5.91 Å². The summed E-state index contributed by atoms with van der Waals surface area (Å²) < 4.78 is 2.22. The number of hydrogen-bond acceptors (Lipinski definition) is 3. The van der Waals surface area contributed by atoms with E-state index in [-0.39, 0.29) is 11.8 Å². The first-order valence-corrected chi connectivity index (χ1v) is 9.02. The lowest BCUT2D eigenvalue weighted by Crippen LogP contribution is -2.32. The number of aryl methyl sites for hydroxylation is 2. The fraction of sp³-hybridized carbons (Fsp3) is 0.421. The minimum absolute atomic E-state index is 0.0764. The molecule has 6 nitrogen and oxygen atoms in total. The van der Waals surface area contributed by atoms with Crippen molar-refractivity contribution in [3.63, 3.8) is 0 Å². The highest BCUT2D eigenvalue weighted by atomic mass is 16.1.